The minimum Gasteiger partial charge on any atom is -0.493 e. The highest BCUT2D eigenvalue weighted by molar-refractivity contribution is 5.75. The Morgan fingerprint density at radius 3 is 2.84 bits per heavy atom. The van der Waals surface area contributed by atoms with E-state index in [1.54, 1.807) is 0 Å². The molecule has 0 aliphatic heterocycles. The van der Waals surface area contributed by atoms with Gasteiger partial charge in [0.2, 0.25) is 5.91 Å². The van der Waals surface area contributed by atoms with Gasteiger partial charge in [0.25, 0.3) is 5.69 Å². The molecule has 7 heteroatoms. The molecule has 0 bridgehead atoms. The first-order valence-corrected chi connectivity index (χ1v) is 5.95. The summed E-state index contributed by atoms with van der Waals surface area (Å²) in [5, 5.41) is 13.3. The van der Waals surface area contributed by atoms with Gasteiger partial charge in [0.15, 0.2) is 0 Å². The van der Waals surface area contributed by atoms with Crippen molar-refractivity contribution in [2.24, 2.45) is 5.73 Å². The van der Waals surface area contributed by atoms with E-state index in [9.17, 15) is 14.9 Å². The molecule has 0 unspecified atom stereocenters. The van der Waals surface area contributed by atoms with Crippen molar-refractivity contribution in [1.29, 1.82) is 0 Å². The summed E-state index contributed by atoms with van der Waals surface area (Å²) in [7, 11) is 0. The summed E-state index contributed by atoms with van der Waals surface area (Å²) in [6.07, 6.45) is 0.231. The van der Waals surface area contributed by atoms with Crippen LogP contribution in [0.3, 0.4) is 0 Å². The van der Waals surface area contributed by atoms with Gasteiger partial charge in [0.05, 0.1) is 18.0 Å². The SMILES string of the molecule is CCNC(=O)CCOc1ccc([N+](=O)[O-])cc1CN. The van der Waals surface area contributed by atoms with Crippen LogP contribution in [0.2, 0.25) is 0 Å². The van der Waals surface area contributed by atoms with Crippen LogP contribution in [0.15, 0.2) is 18.2 Å². The van der Waals surface area contributed by atoms with Crippen molar-refractivity contribution < 1.29 is 14.5 Å². The summed E-state index contributed by atoms with van der Waals surface area (Å²) in [4.78, 5) is 21.4. The number of benzene rings is 1. The summed E-state index contributed by atoms with van der Waals surface area (Å²) in [6, 6.07) is 4.22. The maximum Gasteiger partial charge on any atom is 0.270 e. The Kier molecular flexibility index (Phi) is 5.74. The number of hydrogen-bond donors (Lipinski definition) is 2. The van der Waals surface area contributed by atoms with Crippen LogP contribution in [0.4, 0.5) is 5.69 Å². The van der Waals surface area contributed by atoms with E-state index in [1.807, 2.05) is 6.92 Å². The molecule has 0 saturated carbocycles. The molecule has 19 heavy (non-hydrogen) atoms. The first-order valence-electron chi connectivity index (χ1n) is 5.95. The number of carbonyl (C=O) groups excluding carboxylic acids is 1. The normalized spacial score (nSPS) is 10.0. The number of rotatable bonds is 7. The molecule has 7 nitrogen and oxygen atoms in total. The highest BCUT2D eigenvalue weighted by atomic mass is 16.6. The Hall–Kier alpha value is -2.15. The molecule has 1 aromatic rings. The Balaban J connectivity index is 2.63. The van der Waals surface area contributed by atoms with Crippen LogP contribution in [0.5, 0.6) is 5.75 Å². The van der Waals surface area contributed by atoms with Gasteiger partial charge in [-0.05, 0) is 13.0 Å². The van der Waals surface area contributed by atoms with Crippen LogP contribution >= 0.6 is 0 Å². The third-order valence-electron chi connectivity index (χ3n) is 2.44. The second-order valence-corrected chi connectivity index (χ2v) is 3.81. The molecular weight excluding hydrogens is 250 g/mol. The predicted octanol–water partition coefficient (Wildman–Crippen LogP) is 0.958. The molecule has 1 aromatic carbocycles. The van der Waals surface area contributed by atoms with Crippen molar-refractivity contribution in [3.05, 3.63) is 33.9 Å². The molecular formula is C12H17N3O4. The second-order valence-electron chi connectivity index (χ2n) is 3.81. The van der Waals surface area contributed by atoms with Crippen molar-refractivity contribution in [2.75, 3.05) is 13.2 Å². The molecule has 0 atom stereocenters. The smallest absolute Gasteiger partial charge is 0.270 e. The first-order chi connectivity index (χ1) is 9.08. The van der Waals surface area contributed by atoms with E-state index in [-0.39, 0.29) is 31.2 Å². The molecule has 1 amide bonds. The highest BCUT2D eigenvalue weighted by Crippen LogP contribution is 2.23. The zero-order valence-corrected chi connectivity index (χ0v) is 10.7. The van der Waals surface area contributed by atoms with Gasteiger partial charge in [0, 0.05) is 30.8 Å². The Morgan fingerprint density at radius 2 is 2.26 bits per heavy atom. The van der Waals surface area contributed by atoms with Crippen LogP contribution in [-0.2, 0) is 11.3 Å². The standard InChI is InChI=1S/C12H17N3O4/c1-2-14-12(16)5-6-19-11-4-3-10(15(17)18)7-9(11)8-13/h3-4,7H,2,5-6,8,13H2,1H3,(H,14,16). The zero-order valence-electron chi connectivity index (χ0n) is 10.7. The molecule has 0 heterocycles. The lowest BCUT2D eigenvalue weighted by Gasteiger charge is -2.10. The molecule has 1 rings (SSSR count). The van der Waals surface area contributed by atoms with E-state index in [1.165, 1.54) is 18.2 Å². The third kappa shape index (κ3) is 4.55. The number of non-ortho nitro benzene ring substituents is 1. The van der Waals surface area contributed by atoms with Crippen molar-refractivity contribution in [2.45, 2.75) is 19.9 Å². The Morgan fingerprint density at radius 1 is 1.53 bits per heavy atom. The van der Waals surface area contributed by atoms with Gasteiger partial charge >= 0.3 is 0 Å². The van der Waals surface area contributed by atoms with Crippen LogP contribution in [0, 0.1) is 10.1 Å². The van der Waals surface area contributed by atoms with E-state index in [4.69, 9.17) is 10.5 Å². The Bertz CT molecular complexity index is 462. The van der Waals surface area contributed by atoms with Gasteiger partial charge in [-0.25, -0.2) is 0 Å². The first kappa shape index (κ1) is 14.9. The van der Waals surface area contributed by atoms with E-state index >= 15 is 0 Å². The average Bonchev–Trinajstić information content (AvgIpc) is 2.39. The lowest BCUT2D eigenvalue weighted by Crippen LogP contribution is -2.24. The number of nitrogens with two attached hydrogens (primary N) is 1. The lowest BCUT2D eigenvalue weighted by atomic mass is 10.2. The molecule has 0 aromatic heterocycles. The quantitative estimate of drug-likeness (QED) is 0.565. The molecule has 0 radical (unpaired) electrons. The largest absolute Gasteiger partial charge is 0.493 e. The fourth-order valence-corrected chi connectivity index (χ4v) is 1.52. The third-order valence-corrected chi connectivity index (χ3v) is 2.44. The van der Waals surface area contributed by atoms with E-state index in [0.717, 1.165) is 0 Å². The number of nitrogens with zero attached hydrogens (tertiary/aromatic N) is 1. The second kappa shape index (κ2) is 7.32. The molecule has 0 aliphatic rings. The topological polar surface area (TPSA) is 107 Å². The number of ether oxygens (including phenoxy) is 1. The van der Waals surface area contributed by atoms with E-state index in [0.29, 0.717) is 17.9 Å². The number of nitrogens with one attached hydrogen (secondary N) is 1. The minimum atomic E-state index is -0.488. The predicted molar refractivity (Wildman–Crippen MR) is 69.8 cm³/mol. The number of amides is 1. The lowest BCUT2D eigenvalue weighted by molar-refractivity contribution is -0.384. The summed E-state index contributed by atoms with van der Waals surface area (Å²) in [5.74, 6) is 0.371. The number of nitro benzene ring substituents is 1. The van der Waals surface area contributed by atoms with Gasteiger partial charge < -0.3 is 15.8 Å². The maximum absolute atomic E-state index is 11.2. The average molecular weight is 267 g/mol. The highest BCUT2D eigenvalue weighted by Gasteiger charge is 2.11. The monoisotopic (exact) mass is 267 g/mol. The number of carbonyl (C=O) groups is 1. The maximum atomic E-state index is 11.2. The van der Waals surface area contributed by atoms with Crippen molar-refractivity contribution in [1.82, 2.24) is 5.32 Å². The molecule has 0 aliphatic carbocycles. The van der Waals surface area contributed by atoms with Gasteiger partial charge in [-0.1, -0.05) is 0 Å². The number of hydrogen-bond acceptors (Lipinski definition) is 5. The molecule has 3 N–H and O–H groups in total. The summed E-state index contributed by atoms with van der Waals surface area (Å²) >= 11 is 0. The fourth-order valence-electron chi connectivity index (χ4n) is 1.52. The van der Waals surface area contributed by atoms with Crippen molar-refractivity contribution in [3.8, 4) is 5.75 Å². The zero-order chi connectivity index (χ0) is 14.3. The minimum absolute atomic E-state index is 0.0310. The summed E-state index contributed by atoms with van der Waals surface area (Å²) in [5.41, 5.74) is 6.03. The van der Waals surface area contributed by atoms with E-state index in [2.05, 4.69) is 5.32 Å². The van der Waals surface area contributed by atoms with Gasteiger partial charge in [-0.15, -0.1) is 0 Å². The van der Waals surface area contributed by atoms with Crippen molar-refractivity contribution >= 4 is 11.6 Å². The molecule has 0 saturated heterocycles. The molecule has 0 spiro atoms. The number of nitro groups is 1. The van der Waals surface area contributed by atoms with Crippen LogP contribution < -0.4 is 15.8 Å². The van der Waals surface area contributed by atoms with Gasteiger partial charge in [-0.2, -0.15) is 0 Å². The molecule has 104 valence electrons. The van der Waals surface area contributed by atoms with Crippen LogP contribution in [0.25, 0.3) is 0 Å². The summed E-state index contributed by atoms with van der Waals surface area (Å²) in [6.45, 7) is 2.75. The fraction of sp³-hybridized carbons (Fsp3) is 0.417. The molecule has 0 fully saturated rings. The van der Waals surface area contributed by atoms with E-state index < -0.39 is 4.92 Å². The van der Waals surface area contributed by atoms with Crippen molar-refractivity contribution in [3.63, 3.8) is 0 Å². The summed E-state index contributed by atoms with van der Waals surface area (Å²) < 4.78 is 5.42. The Labute approximate surface area is 110 Å². The van der Waals surface area contributed by atoms with Gasteiger partial charge in [-0.3, -0.25) is 14.9 Å². The van der Waals surface area contributed by atoms with Crippen LogP contribution in [-0.4, -0.2) is 24.0 Å². The van der Waals surface area contributed by atoms with Gasteiger partial charge in [0.1, 0.15) is 5.75 Å². The van der Waals surface area contributed by atoms with Crippen LogP contribution in [0.1, 0.15) is 18.9 Å².